The molecule has 4 heteroatoms. The molecule has 1 aromatic carbocycles. The predicted octanol–water partition coefficient (Wildman–Crippen LogP) is 3.16. The summed E-state index contributed by atoms with van der Waals surface area (Å²) in [6.07, 6.45) is 0. The highest BCUT2D eigenvalue weighted by atomic mass is 79.9. The van der Waals surface area contributed by atoms with Crippen molar-refractivity contribution < 1.29 is 4.74 Å². The molecule has 0 amide bonds. The monoisotopic (exact) mass is 296 g/mol. The Kier molecular flexibility index (Phi) is 5.46. The Balaban J connectivity index is 2.94. The smallest absolute Gasteiger partial charge is 0.174 e. The highest BCUT2D eigenvalue weighted by molar-refractivity contribution is 9.10. The molecule has 1 N–H and O–H groups in total. The van der Waals surface area contributed by atoms with Crippen LogP contribution < -0.4 is 10.1 Å². The zero-order valence-electron chi connectivity index (χ0n) is 10.4. The van der Waals surface area contributed by atoms with Gasteiger partial charge in [0.25, 0.3) is 0 Å². The molecule has 0 heterocycles. The molecule has 1 aromatic rings. The fourth-order valence-electron chi connectivity index (χ4n) is 1.56. The van der Waals surface area contributed by atoms with E-state index in [9.17, 15) is 0 Å². The maximum atomic E-state index is 8.58. The Morgan fingerprint density at radius 1 is 1.47 bits per heavy atom. The highest BCUT2D eigenvalue weighted by Crippen LogP contribution is 2.28. The van der Waals surface area contributed by atoms with Crippen molar-refractivity contribution in [1.29, 1.82) is 5.26 Å². The van der Waals surface area contributed by atoms with Crippen LogP contribution in [0.2, 0.25) is 0 Å². The Morgan fingerprint density at radius 2 is 2.18 bits per heavy atom. The van der Waals surface area contributed by atoms with Gasteiger partial charge in [-0.2, -0.15) is 5.26 Å². The summed E-state index contributed by atoms with van der Waals surface area (Å²) in [5, 5.41) is 11.9. The van der Waals surface area contributed by atoms with E-state index in [0.717, 1.165) is 27.9 Å². The average Bonchev–Trinajstić information content (AvgIpc) is 2.24. The number of nitrogens with zero attached hydrogens (tertiary/aromatic N) is 1. The molecular formula is C13H17BrN2O. The minimum atomic E-state index is 0.0805. The number of benzene rings is 1. The van der Waals surface area contributed by atoms with Crippen LogP contribution in [0.5, 0.6) is 5.75 Å². The van der Waals surface area contributed by atoms with Gasteiger partial charge in [-0.05, 0) is 24.6 Å². The summed E-state index contributed by atoms with van der Waals surface area (Å²) in [4.78, 5) is 0. The number of aryl methyl sites for hydroxylation is 1. The van der Waals surface area contributed by atoms with Crippen LogP contribution in [0.3, 0.4) is 0 Å². The van der Waals surface area contributed by atoms with E-state index >= 15 is 0 Å². The summed E-state index contributed by atoms with van der Waals surface area (Å²) in [6, 6.07) is 6.43. The number of nitrogens with one attached hydrogen (secondary N) is 1. The normalized spacial score (nSPS) is 10.4. The number of hydrogen-bond donors (Lipinski definition) is 1. The van der Waals surface area contributed by atoms with Crippen LogP contribution in [0.25, 0.3) is 0 Å². The summed E-state index contributed by atoms with van der Waals surface area (Å²) >= 11 is 3.47. The quantitative estimate of drug-likeness (QED) is 0.908. The molecular weight excluding hydrogens is 280 g/mol. The molecule has 0 bridgehead atoms. The Hall–Kier alpha value is -1.05. The van der Waals surface area contributed by atoms with Crippen LogP contribution in [-0.2, 0) is 6.54 Å². The van der Waals surface area contributed by atoms with E-state index in [2.05, 4.69) is 35.1 Å². The van der Waals surface area contributed by atoms with Crippen LogP contribution in [0.4, 0.5) is 0 Å². The summed E-state index contributed by atoms with van der Waals surface area (Å²) in [5.41, 5.74) is 2.11. The minimum absolute atomic E-state index is 0.0805. The Morgan fingerprint density at radius 3 is 2.76 bits per heavy atom. The fraction of sp³-hybridized carbons (Fsp3) is 0.462. The third-order valence-corrected chi connectivity index (χ3v) is 2.76. The molecule has 0 saturated heterocycles. The number of hydrogen-bond acceptors (Lipinski definition) is 3. The van der Waals surface area contributed by atoms with Gasteiger partial charge in [-0.25, -0.2) is 0 Å². The van der Waals surface area contributed by atoms with Crippen molar-refractivity contribution in [2.45, 2.75) is 33.4 Å². The molecule has 0 fully saturated rings. The van der Waals surface area contributed by atoms with Gasteiger partial charge in [0, 0.05) is 22.6 Å². The first kappa shape index (κ1) is 14.0. The van der Waals surface area contributed by atoms with Crippen molar-refractivity contribution in [3.05, 3.63) is 27.7 Å². The highest BCUT2D eigenvalue weighted by Gasteiger charge is 2.09. The number of rotatable bonds is 5. The first-order chi connectivity index (χ1) is 8.04. The van der Waals surface area contributed by atoms with Gasteiger partial charge in [-0.1, -0.05) is 29.8 Å². The van der Waals surface area contributed by atoms with Gasteiger partial charge < -0.3 is 10.1 Å². The number of halogens is 1. The second-order valence-corrected chi connectivity index (χ2v) is 5.11. The summed E-state index contributed by atoms with van der Waals surface area (Å²) in [5.74, 6) is 0.808. The summed E-state index contributed by atoms with van der Waals surface area (Å²) < 4.78 is 6.51. The van der Waals surface area contributed by atoms with E-state index in [1.54, 1.807) is 0 Å². The first-order valence-corrected chi connectivity index (χ1v) is 6.36. The zero-order valence-corrected chi connectivity index (χ0v) is 12.0. The van der Waals surface area contributed by atoms with Crippen molar-refractivity contribution in [3.8, 4) is 11.8 Å². The molecule has 17 heavy (non-hydrogen) atoms. The van der Waals surface area contributed by atoms with Gasteiger partial charge >= 0.3 is 0 Å². The third-order valence-electron chi connectivity index (χ3n) is 2.30. The molecule has 0 radical (unpaired) electrons. The topological polar surface area (TPSA) is 45.0 Å². The van der Waals surface area contributed by atoms with Gasteiger partial charge in [0.1, 0.15) is 11.8 Å². The number of ether oxygens (including phenoxy) is 1. The van der Waals surface area contributed by atoms with Crippen molar-refractivity contribution in [2.24, 2.45) is 0 Å². The van der Waals surface area contributed by atoms with Crippen molar-refractivity contribution in [2.75, 3.05) is 6.61 Å². The largest absolute Gasteiger partial charge is 0.478 e. The zero-order chi connectivity index (χ0) is 12.8. The molecule has 0 aliphatic carbocycles. The lowest BCUT2D eigenvalue weighted by atomic mass is 10.1. The lowest BCUT2D eigenvalue weighted by molar-refractivity contribution is 0.359. The standard InChI is InChI=1S/C13H17BrN2O/c1-9(2)16-8-11-7-12(14)6-10(3)13(11)17-5-4-15/h6-7,9,16H,5,8H2,1-3H3. The van der Waals surface area contributed by atoms with E-state index < -0.39 is 0 Å². The van der Waals surface area contributed by atoms with Crippen LogP contribution in [-0.4, -0.2) is 12.6 Å². The summed E-state index contributed by atoms with van der Waals surface area (Å²) in [7, 11) is 0. The van der Waals surface area contributed by atoms with E-state index in [-0.39, 0.29) is 6.61 Å². The van der Waals surface area contributed by atoms with E-state index in [1.165, 1.54) is 0 Å². The predicted molar refractivity (Wildman–Crippen MR) is 72.0 cm³/mol. The molecule has 3 nitrogen and oxygen atoms in total. The second kappa shape index (κ2) is 6.63. The SMILES string of the molecule is Cc1cc(Br)cc(CNC(C)C)c1OCC#N. The van der Waals surface area contributed by atoms with Gasteiger partial charge in [0.15, 0.2) is 6.61 Å². The summed E-state index contributed by atoms with van der Waals surface area (Å²) in [6.45, 7) is 6.99. The molecule has 0 unspecified atom stereocenters. The van der Waals surface area contributed by atoms with Crippen molar-refractivity contribution in [1.82, 2.24) is 5.32 Å². The van der Waals surface area contributed by atoms with E-state index in [1.807, 2.05) is 25.1 Å². The maximum Gasteiger partial charge on any atom is 0.174 e. The van der Waals surface area contributed by atoms with Gasteiger partial charge in [-0.15, -0.1) is 0 Å². The molecule has 0 atom stereocenters. The van der Waals surface area contributed by atoms with Gasteiger partial charge in [0.2, 0.25) is 0 Å². The lowest BCUT2D eigenvalue weighted by Crippen LogP contribution is -2.22. The lowest BCUT2D eigenvalue weighted by Gasteiger charge is -2.15. The molecule has 0 aliphatic heterocycles. The Labute approximate surface area is 111 Å². The van der Waals surface area contributed by atoms with Gasteiger partial charge in [-0.3, -0.25) is 0 Å². The van der Waals surface area contributed by atoms with Crippen LogP contribution in [0, 0.1) is 18.3 Å². The number of nitriles is 1. The Bertz CT molecular complexity index is 424. The molecule has 1 rings (SSSR count). The fourth-order valence-corrected chi connectivity index (χ4v) is 2.18. The van der Waals surface area contributed by atoms with Gasteiger partial charge in [0.05, 0.1) is 0 Å². The van der Waals surface area contributed by atoms with Crippen molar-refractivity contribution >= 4 is 15.9 Å². The maximum absolute atomic E-state index is 8.58. The molecule has 0 saturated carbocycles. The molecule has 92 valence electrons. The molecule has 0 aliphatic rings. The van der Waals surface area contributed by atoms with Crippen LogP contribution >= 0.6 is 15.9 Å². The first-order valence-electron chi connectivity index (χ1n) is 5.56. The van der Waals surface area contributed by atoms with Crippen LogP contribution in [0.15, 0.2) is 16.6 Å². The third kappa shape index (κ3) is 4.37. The van der Waals surface area contributed by atoms with Crippen molar-refractivity contribution in [3.63, 3.8) is 0 Å². The minimum Gasteiger partial charge on any atom is -0.478 e. The second-order valence-electron chi connectivity index (χ2n) is 4.19. The molecule has 0 aromatic heterocycles. The van der Waals surface area contributed by atoms with E-state index in [4.69, 9.17) is 10.00 Å². The van der Waals surface area contributed by atoms with Crippen LogP contribution in [0.1, 0.15) is 25.0 Å². The van der Waals surface area contributed by atoms with E-state index in [0.29, 0.717) is 6.04 Å². The average molecular weight is 297 g/mol. The molecule has 0 spiro atoms.